The molecular weight excluding hydrogens is 142 g/mol. The highest BCUT2D eigenvalue weighted by atomic mass is 16.5. The van der Waals surface area contributed by atoms with Crippen molar-refractivity contribution >= 4 is 5.97 Å². The molecule has 0 radical (unpaired) electrons. The van der Waals surface area contributed by atoms with Crippen LogP contribution in [0.2, 0.25) is 0 Å². The van der Waals surface area contributed by atoms with E-state index in [0.717, 1.165) is 0 Å². The largest absolute Gasteiger partial charge is 0.466 e. The smallest absolute Gasteiger partial charge is 0.313 e. The topological polar surface area (TPSA) is 52.3 Å². The summed E-state index contributed by atoms with van der Waals surface area (Å²) in [5.41, 5.74) is 5.03. The first kappa shape index (κ1) is 10.4. The predicted molar refractivity (Wildman–Crippen MR) is 44.1 cm³/mol. The third-order valence-corrected chi connectivity index (χ3v) is 1.94. The molecule has 1 atom stereocenters. The van der Waals surface area contributed by atoms with Crippen LogP contribution in [-0.4, -0.2) is 18.6 Å². The molecule has 2 N–H and O–H groups in total. The van der Waals surface area contributed by atoms with E-state index in [0.29, 0.717) is 6.61 Å². The minimum Gasteiger partial charge on any atom is -0.466 e. The van der Waals surface area contributed by atoms with E-state index < -0.39 is 5.41 Å². The zero-order chi connectivity index (χ0) is 9.07. The van der Waals surface area contributed by atoms with Gasteiger partial charge in [-0.25, -0.2) is 0 Å². The van der Waals surface area contributed by atoms with Crippen LogP contribution in [0.3, 0.4) is 0 Å². The number of esters is 1. The zero-order valence-electron chi connectivity index (χ0n) is 7.68. The monoisotopic (exact) mass is 159 g/mol. The summed E-state index contributed by atoms with van der Waals surface area (Å²) in [5, 5.41) is 0. The van der Waals surface area contributed by atoms with Gasteiger partial charge in [0.25, 0.3) is 0 Å². The molecular formula is C8H17NO2. The van der Waals surface area contributed by atoms with Gasteiger partial charge in [0.2, 0.25) is 0 Å². The second-order valence-electron chi connectivity index (χ2n) is 3.23. The molecule has 0 aromatic carbocycles. The van der Waals surface area contributed by atoms with E-state index in [1.54, 1.807) is 27.7 Å². The van der Waals surface area contributed by atoms with Crippen molar-refractivity contribution in [2.45, 2.75) is 33.7 Å². The number of carbonyl (C=O) groups is 1. The third kappa shape index (κ3) is 2.50. The molecule has 0 saturated heterocycles. The molecule has 0 aliphatic heterocycles. The summed E-state index contributed by atoms with van der Waals surface area (Å²) in [6, 6.07) is -0.179. The predicted octanol–water partition coefficient (Wildman–Crippen LogP) is 0.923. The number of hydrogen-bond donors (Lipinski definition) is 1. The van der Waals surface area contributed by atoms with Crippen LogP contribution in [0.4, 0.5) is 0 Å². The lowest BCUT2D eigenvalue weighted by Gasteiger charge is -2.25. The molecule has 0 aliphatic rings. The minimum atomic E-state index is -0.573. The fourth-order valence-corrected chi connectivity index (χ4v) is 0.503. The average molecular weight is 159 g/mol. The summed E-state index contributed by atoms with van der Waals surface area (Å²) in [5.74, 6) is -0.227. The first-order valence-corrected chi connectivity index (χ1v) is 3.85. The highest BCUT2D eigenvalue weighted by Gasteiger charge is 2.32. The highest BCUT2D eigenvalue weighted by Crippen LogP contribution is 2.20. The molecule has 0 saturated carbocycles. The molecule has 0 aromatic rings. The summed E-state index contributed by atoms with van der Waals surface area (Å²) >= 11 is 0. The van der Waals surface area contributed by atoms with Gasteiger partial charge in [0.05, 0.1) is 12.0 Å². The fourth-order valence-electron chi connectivity index (χ4n) is 0.503. The highest BCUT2D eigenvalue weighted by molar-refractivity contribution is 5.76. The number of carbonyl (C=O) groups excluding carboxylic acids is 1. The van der Waals surface area contributed by atoms with E-state index in [4.69, 9.17) is 10.5 Å². The lowest BCUT2D eigenvalue weighted by molar-refractivity contribution is -0.154. The van der Waals surface area contributed by atoms with Gasteiger partial charge in [0.1, 0.15) is 0 Å². The maximum absolute atomic E-state index is 11.2. The number of hydrogen-bond acceptors (Lipinski definition) is 3. The van der Waals surface area contributed by atoms with Gasteiger partial charge in [-0.05, 0) is 27.7 Å². The first-order chi connectivity index (χ1) is 4.92. The molecule has 0 unspecified atom stereocenters. The average Bonchev–Trinajstić information content (AvgIpc) is 1.88. The van der Waals surface area contributed by atoms with Gasteiger partial charge in [0, 0.05) is 6.04 Å². The molecule has 3 nitrogen and oxygen atoms in total. The van der Waals surface area contributed by atoms with Crippen molar-refractivity contribution < 1.29 is 9.53 Å². The molecule has 66 valence electrons. The fraction of sp³-hybridized carbons (Fsp3) is 0.875. The normalized spacial score (nSPS) is 14.3. The van der Waals surface area contributed by atoms with Crippen LogP contribution in [0.5, 0.6) is 0 Å². The van der Waals surface area contributed by atoms with Gasteiger partial charge in [0.15, 0.2) is 0 Å². The van der Waals surface area contributed by atoms with Gasteiger partial charge < -0.3 is 10.5 Å². The Morgan fingerprint density at radius 2 is 2.09 bits per heavy atom. The molecule has 3 heteroatoms. The third-order valence-electron chi connectivity index (χ3n) is 1.94. The Hall–Kier alpha value is -0.570. The standard InChI is InChI=1S/C8H17NO2/c1-5-11-7(10)8(3,4)6(2)9/h6H,5,9H2,1-4H3/t6-/m0/s1. The van der Waals surface area contributed by atoms with Crippen LogP contribution in [0.25, 0.3) is 0 Å². The molecule has 0 rings (SSSR count). The molecule has 11 heavy (non-hydrogen) atoms. The second kappa shape index (κ2) is 3.72. The van der Waals surface area contributed by atoms with Crippen LogP contribution < -0.4 is 5.73 Å². The SMILES string of the molecule is CCOC(=O)C(C)(C)[C@H](C)N. The van der Waals surface area contributed by atoms with E-state index in [1.807, 2.05) is 0 Å². The van der Waals surface area contributed by atoms with Crippen molar-refractivity contribution in [1.82, 2.24) is 0 Å². The number of nitrogens with two attached hydrogens (primary N) is 1. The van der Waals surface area contributed by atoms with Crippen molar-refractivity contribution in [2.24, 2.45) is 11.1 Å². The van der Waals surface area contributed by atoms with Crippen LogP contribution in [0.15, 0.2) is 0 Å². The Balaban J connectivity index is 4.18. The lowest BCUT2D eigenvalue weighted by Crippen LogP contribution is -2.42. The van der Waals surface area contributed by atoms with Crippen molar-refractivity contribution in [3.05, 3.63) is 0 Å². The van der Waals surface area contributed by atoms with Gasteiger partial charge in [-0.3, -0.25) is 4.79 Å². The van der Waals surface area contributed by atoms with E-state index in [9.17, 15) is 4.79 Å². The number of ether oxygens (including phenoxy) is 1. The van der Waals surface area contributed by atoms with Crippen LogP contribution in [0.1, 0.15) is 27.7 Å². The minimum absolute atomic E-state index is 0.179. The van der Waals surface area contributed by atoms with Gasteiger partial charge in [-0.2, -0.15) is 0 Å². The van der Waals surface area contributed by atoms with E-state index >= 15 is 0 Å². The van der Waals surface area contributed by atoms with Crippen molar-refractivity contribution in [3.63, 3.8) is 0 Å². The molecule has 0 heterocycles. The molecule has 0 aromatic heterocycles. The molecule has 0 amide bonds. The Morgan fingerprint density at radius 1 is 1.64 bits per heavy atom. The van der Waals surface area contributed by atoms with Crippen molar-refractivity contribution in [1.29, 1.82) is 0 Å². The van der Waals surface area contributed by atoms with Gasteiger partial charge in [-0.1, -0.05) is 0 Å². The maximum Gasteiger partial charge on any atom is 0.313 e. The van der Waals surface area contributed by atoms with E-state index in [1.165, 1.54) is 0 Å². The van der Waals surface area contributed by atoms with Gasteiger partial charge in [-0.15, -0.1) is 0 Å². The quantitative estimate of drug-likeness (QED) is 0.623. The Kier molecular flexibility index (Phi) is 3.52. The summed E-state index contributed by atoms with van der Waals surface area (Å²) in [6.45, 7) is 7.58. The van der Waals surface area contributed by atoms with Gasteiger partial charge >= 0.3 is 5.97 Å². The molecule has 0 spiro atoms. The zero-order valence-corrected chi connectivity index (χ0v) is 7.68. The Bertz CT molecular complexity index is 141. The van der Waals surface area contributed by atoms with Crippen molar-refractivity contribution in [3.8, 4) is 0 Å². The van der Waals surface area contributed by atoms with Crippen molar-refractivity contribution in [2.75, 3.05) is 6.61 Å². The lowest BCUT2D eigenvalue weighted by atomic mass is 9.86. The Morgan fingerprint density at radius 3 is 2.36 bits per heavy atom. The molecule has 0 aliphatic carbocycles. The molecule has 0 fully saturated rings. The van der Waals surface area contributed by atoms with Crippen LogP contribution in [0, 0.1) is 5.41 Å². The summed E-state index contributed by atoms with van der Waals surface area (Å²) in [4.78, 5) is 11.2. The Labute approximate surface area is 67.9 Å². The van der Waals surface area contributed by atoms with Crippen LogP contribution in [-0.2, 0) is 9.53 Å². The number of rotatable bonds is 3. The summed E-state index contributed by atoms with van der Waals surface area (Å²) < 4.78 is 4.85. The molecule has 0 bridgehead atoms. The van der Waals surface area contributed by atoms with E-state index in [2.05, 4.69) is 0 Å². The first-order valence-electron chi connectivity index (χ1n) is 3.85. The maximum atomic E-state index is 11.2. The second-order valence-corrected chi connectivity index (χ2v) is 3.23. The van der Waals surface area contributed by atoms with Crippen LogP contribution >= 0.6 is 0 Å². The summed E-state index contributed by atoms with van der Waals surface area (Å²) in [6.07, 6.45) is 0. The summed E-state index contributed by atoms with van der Waals surface area (Å²) in [7, 11) is 0. The van der Waals surface area contributed by atoms with E-state index in [-0.39, 0.29) is 12.0 Å².